The third-order valence-electron chi connectivity index (χ3n) is 12.0. The predicted octanol–water partition coefficient (Wildman–Crippen LogP) is 8.71. The number of aromatic nitrogens is 2. The highest BCUT2D eigenvalue weighted by Gasteiger charge is 2.44. The predicted molar refractivity (Wildman–Crippen MR) is 252 cm³/mol. The summed E-state index contributed by atoms with van der Waals surface area (Å²) in [5.74, 6) is -0.785. The molecule has 2 fully saturated rings. The molecule has 1 unspecified atom stereocenters. The van der Waals surface area contributed by atoms with Crippen molar-refractivity contribution >= 4 is 17.9 Å². The van der Waals surface area contributed by atoms with E-state index in [0.29, 0.717) is 52.0 Å². The zero-order valence-electron chi connectivity index (χ0n) is 37.6. The molecule has 0 bridgehead atoms. The van der Waals surface area contributed by atoms with Crippen LogP contribution in [0.4, 0.5) is 0 Å². The molecule has 0 saturated carbocycles. The highest BCUT2D eigenvalue weighted by Crippen LogP contribution is 2.44. The summed E-state index contributed by atoms with van der Waals surface area (Å²) in [5, 5.41) is 0. The first-order chi connectivity index (χ1) is 33.6. The summed E-state index contributed by atoms with van der Waals surface area (Å²) in [6, 6.07) is 46.6. The highest BCUT2D eigenvalue weighted by atomic mass is 16.7. The number of rotatable bonds is 15. The minimum atomic E-state index is -1.51. The van der Waals surface area contributed by atoms with Crippen molar-refractivity contribution in [3.8, 4) is 17.2 Å². The lowest BCUT2D eigenvalue weighted by atomic mass is 9.80. The number of hydrogen-bond donors (Lipinski definition) is 1. The van der Waals surface area contributed by atoms with E-state index in [1.165, 1.54) is 10.8 Å². The van der Waals surface area contributed by atoms with E-state index in [1.807, 2.05) is 18.2 Å². The Morgan fingerprint density at radius 1 is 0.623 bits per heavy atom. The van der Waals surface area contributed by atoms with Gasteiger partial charge in [0.25, 0.3) is 5.56 Å². The van der Waals surface area contributed by atoms with E-state index < -0.39 is 59.5 Å². The summed E-state index contributed by atoms with van der Waals surface area (Å²) in [6.45, 7) is 2.03. The summed E-state index contributed by atoms with van der Waals surface area (Å²) < 4.78 is 45.3. The summed E-state index contributed by atoms with van der Waals surface area (Å²) in [6.07, 6.45) is 1.42. The fourth-order valence-electron chi connectivity index (χ4n) is 8.43. The molecule has 0 amide bonds. The monoisotopic (exact) mass is 928 g/mol. The van der Waals surface area contributed by atoms with Gasteiger partial charge in [-0.15, -0.1) is 0 Å². The summed E-state index contributed by atoms with van der Waals surface area (Å²) in [5.41, 5.74) is 0.585. The molecule has 0 aliphatic carbocycles. The average molecular weight is 929 g/mol. The van der Waals surface area contributed by atoms with Crippen LogP contribution < -0.4 is 25.5 Å². The van der Waals surface area contributed by atoms with Crippen molar-refractivity contribution in [1.82, 2.24) is 9.55 Å². The lowest BCUT2D eigenvalue weighted by Gasteiger charge is -2.37. The Hall–Kier alpha value is -7.75. The molecule has 0 spiro atoms. The Kier molecular flexibility index (Phi) is 14.1. The van der Waals surface area contributed by atoms with Gasteiger partial charge in [0.05, 0.1) is 29.4 Å². The van der Waals surface area contributed by atoms with E-state index in [2.05, 4.69) is 4.98 Å². The van der Waals surface area contributed by atoms with E-state index in [1.54, 1.807) is 153 Å². The van der Waals surface area contributed by atoms with Gasteiger partial charge < -0.3 is 33.2 Å². The zero-order valence-corrected chi connectivity index (χ0v) is 37.6. The van der Waals surface area contributed by atoms with Gasteiger partial charge in [-0.25, -0.2) is 19.2 Å². The molecule has 2 aliphatic heterocycles. The molecule has 6 aromatic carbocycles. The number of ether oxygens (including phenoxy) is 7. The average Bonchev–Trinajstić information content (AvgIpc) is 3.79. The molecule has 2 saturated heterocycles. The Morgan fingerprint density at radius 3 is 1.49 bits per heavy atom. The van der Waals surface area contributed by atoms with Gasteiger partial charge in [0.1, 0.15) is 35.2 Å². The molecule has 2 aliphatic rings. The molecule has 7 aromatic rings. The van der Waals surface area contributed by atoms with Crippen LogP contribution in [0.1, 0.15) is 85.2 Å². The molecule has 69 heavy (non-hydrogen) atoms. The van der Waals surface area contributed by atoms with E-state index in [-0.39, 0.29) is 30.3 Å². The lowest BCUT2D eigenvalue weighted by molar-refractivity contribution is -0.203. The van der Waals surface area contributed by atoms with Crippen molar-refractivity contribution < 1.29 is 47.5 Å². The zero-order chi connectivity index (χ0) is 47.7. The maximum atomic E-state index is 13.2. The second kappa shape index (κ2) is 21.0. The number of H-pyrrole nitrogens is 1. The summed E-state index contributed by atoms with van der Waals surface area (Å²) >= 11 is 0. The third-order valence-corrected chi connectivity index (χ3v) is 12.0. The second-order valence-electron chi connectivity index (χ2n) is 16.6. The van der Waals surface area contributed by atoms with Crippen molar-refractivity contribution in [3.05, 3.63) is 230 Å². The maximum absolute atomic E-state index is 13.2. The van der Waals surface area contributed by atoms with Crippen LogP contribution >= 0.6 is 0 Å². The topological polar surface area (TPSA) is 171 Å². The van der Waals surface area contributed by atoms with Crippen molar-refractivity contribution in [2.75, 3.05) is 13.2 Å². The first-order valence-corrected chi connectivity index (χ1v) is 22.6. The first kappa shape index (κ1) is 46.4. The number of aryl methyl sites for hydroxylation is 1. The van der Waals surface area contributed by atoms with Crippen LogP contribution in [-0.4, -0.2) is 59.2 Å². The molecule has 9 rings (SSSR count). The second-order valence-corrected chi connectivity index (χ2v) is 16.6. The number of esters is 3. The van der Waals surface area contributed by atoms with Gasteiger partial charge in [0.15, 0.2) is 6.29 Å². The number of benzene rings is 6. The normalized spacial score (nSPS) is 18.0. The smallest absolute Gasteiger partial charge is 0.343 e. The van der Waals surface area contributed by atoms with Crippen LogP contribution in [0.5, 0.6) is 17.2 Å². The van der Waals surface area contributed by atoms with Crippen LogP contribution in [0, 0.1) is 6.92 Å². The minimum Gasteiger partial charge on any atom is -0.423 e. The number of carbonyl (C=O) groups is 3. The molecule has 0 radical (unpaired) electrons. The summed E-state index contributed by atoms with van der Waals surface area (Å²) in [4.78, 5) is 67.4. The quantitative estimate of drug-likeness (QED) is 0.0590. The number of hydrogen-bond acceptors (Lipinski definition) is 12. The molecule has 14 nitrogen and oxygen atoms in total. The Morgan fingerprint density at radius 2 is 1.07 bits per heavy atom. The fourth-order valence-corrected chi connectivity index (χ4v) is 8.43. The lowest BCUT2D eigenvalue weighted by Crippen LogP contribution is -2.40. The molecule has 14 heteroatoms. The number of nitrogens with zero attached hydrogens (tertiary/aromatic N) is 1. The SMILES string of the molecule is Cc1cn([C@H]2C[C@H](OC3CCCCO3)[C@@H](COC(c3ccc(OC(=O)c4ccccc4)cc3)(c3ccc(OC(=O)c4ccccc4)cc3)c3ccc(OC(=O)c4ccccc4)cc3)O2)c(=O)[nH]c1=O. The van der Waals surface area contributed by atoms with Crippen LogP contribution in [-0.2, 0) is 24.5 Å². The van der Waals surface area contributed by atoms with Crippen LogP contribution in [0.2, 0.25) is 0 Å². The molecule has 4 atom stereocenters. The fraction of sp³-hybridized carbons (Fsp3) is 0.218. The Balaban J connectivity index is 1.12. The van der Waals surface area contributed by atoms with Gasteiger partial charge in [0.2, 0.25) is 0 Å². The van der Waals surface area contributed by atoms with Crippen LogP contribution in [0.25, 0.3) is 0 Å². The standard InChI is InChI=1S/C55H48N2O12/c1-36-34-57(54(62)56-50(36)58)48-33-46(69-49-19-11-12-32-63-49)47(68-48)35-64-55(40-20-26-43(27-21-40)65-51(59)37-13-5-2-6-14-37,41-22-28-44(29-23-41)66-52(60)38-15-7-3-8-16-38)42-24-30-45(31-25-42)67-53(61)39-17-9-4-10-18-39/h2-10,13-18,20-31,34,46-49H,11-12,19,32-33,35H2,1H3,(H,56,58,62)/t46-,47+,48+,49?/m0/s1. The van der Waals surface area contributed by atoms with E-state index in [0.717, 1.165) is 12.8 Å². The van der Waals surface area contributed by atoms with Gasteiger partial charge in [-0.05, 0) is 116 Å². The summed E-state index contributed by atoms with van der Waals surface area (Å²) in [7, 11) is 0. The van der Waals surface area contributed by atoms with E-state index in [9.17, 15) is 24.0 Å². The van der Waals surface area contributed by atoms with Crippen molar-refractivity contribution in [3.63, 3.8) is 0 Å². The Bertz CT molecular complexity index is 2760. The number of carbonyl (C=O) groups excluding carboxylic acids is 3. The largest absolute Gasteiger partial charge is 0.423 e. The molecule has 1 N–H and O–H groups in total. The molecular formula is C55H48N2O12. The third kappa shape index (κ3) is 10.7. The molecule has 350 valence electrons. The van der Waals surface area contributed by atoms with Crippen LogP contribution in [0.15, 0.2) is 180 Å². The molecule has 3 heterocycles. The van der Waals surface area contributed by atoms with Gasteiger partial charge in [-0.3, -0.25) is 14.3 Å². The minimum absolute atomic E-state index is 0.120. The van der Waals surface area contributed by atoms with Gasteiger partial charge >= 0.3 is 23.6 Å². The van der Waals surface area contributed by atoms with Crippen LogP contribution in [0.3, 0.4) is 0 Å². The van der Waals surface area contributed by atoms with Crippen molar-refractivity contribution in [2.45, 2.75) is 62.9 Å². The highest BCUT2D eigenvalue weighted by molar-refractivity contribution is 5.92. The molecular weight excluding hydrogens is 881 g/mol. The van der Waals surface area contributed by atoms with Crippen molar-refractivity contribution in [2.24, 2.45) is 0 Å². The number of nitrogens with one attached hydrogen (secondary N) is 1. The Labute approximate surface area is 396 Å². The molecule has 1 aromatic heterocycles. The van der Waals surface area contributed by atoms with E-state index in [4.69, 9.17) is 33.2 Å². The number of aromatic amines is 1. The van der Waals surface area contributed by atoms with E-state index >= 15 is 0 Å². The van der Waals surface area contributed by atoms with Gasteiger partial charge in [0, 0.05) is 24.8 Å². The first-order valence-electron chi connectivity index (χ1n) is 22.6. The van der Waals surface area contributed by atoms with Gasteiger partial charge in [-0.1, -0.05) is 91.0 Å². The van der Waals surface area contributed by atoms with Crippen molar-refractivity contribution in [1.29, 1.82) is 0 Å². The maximum Gasteiger partial charge on any atom is 0.343 e. The van der Waals surface area contributed by atoms with Gasteiger partial charge in [-0.2, -0.15) is 0 Å².